The number of hydrogen-bond donors (Lipinski definition) is 0. The molecule has 15 heavy (non-hydrogen) atoms. The lowest BCUT2D eigenvalue weighted by Crippen LogP contribution is -2.13. The molecule has 2 unspecified atom stereocenters. The van der Waals surface area contributed by atoms with Gasteiger partial charge in [-0.2, -0.15) is 0 Å². The second-order valence-corrected chi connectivity index (χ2v) is 5.59. The van der Waals surface area contributed by atoms with Crippen LogP contribution in [0.3, 0.4) is 0 Å². The van der Waals surface area contributed by atoms with Crippen molar-refractivity contribution in [3.63, 3.8) is 0 Å². The van der Waals surface area contributed by atoms with Crippen molar-refractivity contribution < 1.29 is 9.21 Å². The Hall–Kier alpha value is -1.05. The maximum absolute atomic E-state index is 12.0. The summed E-state index contributed by atoms with van der Waals surface area (Å²) in [6.45, 7) is 8.44. The quantitative estimate of drug-likeness (QED) is 0.694. The molecule has 1 aliphatic rings. The predicted octanol–water partition coefficient (Wildman–Crippen LogP) is 3.45. The van der Waals surface area contributed by atoms with Crippen LogP contribution in [0.4, 0.5) is 0 Å². The lowest BCUT2D eigenvalue weighted by Gasteiger charge is -2.17. The molecule has 2 rings (SSSR count). The molecule has 0 radical (unpaired) electrons. The van der Waals surface area contributed by atoms with Crippen LogP contribution in [-0.4, -0.2) is 5.78 Å². The van der Waals surface area contributed by atoms with Gasteiger partial charge in [0.1, 0.15) is 5.76 Å². The van der Waals surface area contributed by atoms with Crippen molar-refractivity contribution in [3.05, 3.63) is 23.7 Å². The predicted molar refractivity (Wildman–Crippen MR) is 58.8 cm³/mol. The van der Waals surface area contributed by atoms with E-state index in [0.717, 1.165) is 12.2 Å². The standard InChI is InChI=1S/C13H18O2/c1-8-5-6-11(15-8)12(14)9-7-10(9)13(2,3)4/h5-6,9-10H,7H2,1-4H3. The Morgan fingerprint density at radius 2 is 2.07 bits per heavy atom. The van der Waals surface area contributed by atoms with Gasteiger partial charge in [-0.25, -0.2) is 0 Å². The van der Waals surface area contributed by atoms with E-state index < -0.39 is 0 Å². The first-order valence-electron chi connectivity index (χ1n) is 5.50. The summed E-state index contributed by atoms with van der Waals surface area (Å²) in [4.78, 5) is 12.0. The number of ketones is 1. The Labute approximate surface area is 90.7 Å². The average molecular weight is 206 g/mol. The minimum atomic E-state index is 0.183. The summed E-state index contributed by atoms with van der Waals surface area (Å²) in [5, 5.41) is 0. The van der Waals surface area contributed by atoms with Crippen molar-refractivity contribution in [1.29, 1.82) is 0 Å². The van der Waals surface area contributed by atoms with Crippen LogP contribution in [0, 0.1) is 24.2 Å². The van der Waals surface area contributed by atoms with E-state index in [-0.39, 0.29) is 17.1 Å². The first-order chi connectivity index (χ1) is 6.89. The Kier molecular flexibility index (Phi) is 2.25. The van der Waals surface area contributed by atoms with Gasteiger partial charge in [-0.3, -0.25) is 4.79 Å². The van der Waals surface area contributed by atoms with E-state index in [9.17, 15) is 4.79 Å². The molecule has 0 N–H and O–H groups in total. The van der Waals surface area contributed by atoms with Crippen LogP contribution in [-0.2, 0) is 0 Å². The maximum atomic E-state index is 12.0. The first-order valence-corrected chi connectivity index (χ1v) is 5.50. The second kappa shape index (κ2) is 3.22. The van der Waals surface area contributed by atoms with Crippen molar-refractivity contribution in [2.75, 3.05) is 0 Å². The van der Waals surface area contributed by atoms with Crippen molar-refractivity contribution in [2.24, 2.45) is 17.3 Å². The molecule has 1 heterocycles. The molecule has 0 saturated heterocycles. The SMILES string of the molecule is Cc1ccc(C(=O)C2CC2C(C)(C)C)o1. The highest BCUT2D eigenvalue weighted by Crippen LogP contribution is 2.51. The third-order valence-corrected chi connectivity index (χ3v) is 3.22. The minimum Gasteiger partial charge on any atom is -0.458 e. The molecule has 0 aromatic carbocycles. The number of aryl methyl sites for hydroxylation is 1. The second-order valence-electron chi connectivity index (χ2n) is 5.59. The van der Waals surface area contributed by atoms with Crippen LogP contribution in [0.1, 0.15) is 43.5 Å². The highest BCUT2D eigenvalue weighted by molar-refractivity contribution is 5.97. The van der Waals surface area contributed by atoms with E-state index >= 15 is 0 Å². The number of hydrogen-bond acceptors (Lipinski definition) is 2. The number of carbonyl (C=O) groups excluding carboxylic acids is 1. The van der Waals surface area contributed by atoms with Gasteiger partial charge in [0.2, 0.25) is 5.78 Å². The number of rotatable bonds is 2. The molecule has 0 amide bonds. The number of furan rings is 1. The normalized spacial score (nSPS) is 25.3. The van der Waals surface area contributed by atoms with Gasteiger partial charge in [0, 0.05) is 5.92 Å². The lowest BCUT2D eigenvalue weighted by atomic mass is 9.88. The number of carbonyl (C=O) groups is 1. The monoisotopic (exact) mass is 206 g/mol. The van der Waals surface area contributed by atoms with Crippen molar-refractivity contribution in [1.82, 2.24) is 0 Å². The third kappa shape index (κ3) is 1.99. The molecule has 1 aliphatic carbocycles. The first kappa shape index (κ1) is 10.5. The summed E-state index contributed by atoms with van der Waals surface area (Å²) in [5.41, 5.74) is 0.238. The van der Waals surface area contributed by atoms with Crippen LogP contribution < -0.4 is 0 Å². The molecule has 82 valence electrons. The smallest absolute Gasteiger partial charge is 0.201 e. The number of Topliss-reactive ketones (excluding diaryl/α,β-unsaturated/α-hetero) is 1. The van der Waals surface area contributed by atoms with Gasteiger partial charge in [0.15, 0.2) is 5.76 Å². The van der Waals surface area contributed by atoms with Crippen molar-refractivity contribution in [2.45, 2.75) is 34.1 Å². The van der Waals surface area contributed by atoms with E-state index in [1.807, 2.05) is 13.0 Å². The largest absolute Gasteiger partial charge is 0.458 e. The van der Waals surface area contributed by atoms with Crippen LogP contribution in [0.2, 0.25) is 0 Å². The van der Waals surface area contributed by atoms with E-state index in [0.29, 0.717) is 11.7 Å². The fourth-order valence-electron chi connectivity index (χ4n) is 2.19. The molecule has 0 spiro atoms. The van der Waals surface area contributed by atoms with Crippen LogP contribution >= 0.6 is 0 Å². The summed E-state index contributed by atoms with van der Waals surface area (Å²) in [7, 11) is 0. The summed E-state index contributed by atoms with van der Waals surface area (Å²) in [6.07, 6.45) is 1.02. The molecule has 1 saturated carbocycles. The van der Waals surface area contributed by atoms with Gasteiger partial charge >= 0.3 is 0 Å². The molecule has 2 nitrogen and oxygen atoms in total. The fraction of sp³-hybridized carbons (Fsp3) is 0.615. The molecule has 2 atom stereocenters. The Balaban J connectivity index is 2.07. The van der Waals surface area contributed by atoms with E-state index in [1.54, 1.807) is 6.07 Å². The van der Waals surface area contributed by atoms with Crippen LogP contribution in [0.5, 0.6) is 0 Å². The third-order valence-electron chi connectivity index (χ3n) is 3.22. The summed E-state index contributed by atoms with van der Waals surface area (Å²) in [6, 6.07) is 3.64. The van der Waals surface area contributed by atoms with Gasteiger partial charge < -0.3 is 4.42 Å². The molecule has 0 bridgehead atoms. The van der Waals surface area contributed by atoms with Crippen molar-refractivity contribution >= 4 is 5.78 Å². The lowest BCUT2D eigenvalue weighted by molar-refractivity contribution is 0.0920. The van der Waals surface area contributed by atoms with Gasteiger partial charge in [-0.05, 0) is 36.8 Å². The molecule has 0 aliphatic heterocycles. The molecule has 1 fully saturated rings. The minimum absolute atomic E-state index is 0.183. The average Bonchev–Trinajstić information content (AvgIpc) is 2.82. The summed E-state index contributed by atoms with van der Waals surface area (Å²) < 4.78 is 5.36. The van der Waals surface area contributed by atoms with Crippen LogP contribution in [0.25, 0.3) is 0 Å². The Morgan fingerprint density at radius 3 is 2.47 bits per heavy atom. The molecule has 1 aromatic rings. The zero-order valence-corrected chi connectivity index (χ0v) is 9.83. The topological polar surface area (TPSA) is 30.2 Å². The zero-order valence-electron chi connectivity index (χ0n) is 9.83. The van der Waals surface area contributed by atoms with Crippen LogP contribution in [0.15, 0.2) is 16.5 Å². The summed E-state index contributed by atoms with van der Waals surface area (Å²) in [5.74, 6) is 2.24. The van der Waals surface area contributed by atoms with E-state index in [2.05, 4.69) is 20.8 Å². The molecular weight excluding hydrogens is 188 g/mol. The van der Waals surface area contributed by atoms with E-state index in [1.165, 1.54) is 0 Å². The van der Waals surface area contributed by atoms with E-state index in [4.69, 9.17) is 4.42 Å². The Morgan fingerprint density at radius 1 is 1.40 bits per heavy atom. The van der Waals surface area contributed by atoms with Gasteiger partial charge in [-0.1, -0.05) is 20.8 Å². The molecule has 2 heteroatoms. The van der Waals surface area contributed by atoms with Gasteiger partial charge in [-0.15, -0.1) is 0 Å². The maximum Gasteiger partial charge on any atom is 0.201 e. The van der Waals surface area contributed by atoms with Crippen molar-refractivity contribution in [3.8, 4) is 0 Å². The Bertz CT molecular complexity index is 381. The highest BCUT2D eigenvalue weighted by atomic mass is 16.3. The zero-order chi connectivity index (χ0) is 11.2. The van der Waals surface area contributed by atoms with Gasteiger partial charge in [0.25, 0.3) is 0 Å². The highest BCUT2D eigenvalue weighted by Gasteiger charge is 2.50. The fourth-order valence-corrected chi connectivity index (χ4v) is 2.19. The molecule has 1 aromatic heterocycles. The van der Waals surface area contributed by atoms with Gasteiger partial charge in [0.05, 0.1) is 0 Å². The summed E-state index contributed by atoms with van der Waals surface area (Å²) >= 11 is 0. The molecular formula is C13H18O2.